The van der Waals surface area contributed by atoms with Crippen molar-refractivity contribution >= 4 is 23.5 Å². The number of amides is 1. The second kappa shape index (κ2) is 5.30. The third kappa shape index (κ3) is 2.39. The van der Waals surface area contributed by atoms with Crippen molar-refractivity contribution in [3.63, 3.8) is 0 Å². The van der Waals surface area contributed by atoms with E-state index in [2.05, 4.69) is 4.98 Å². The minimum Gasteiger partial charge on any atom is -0.481 e. The van der Waals surface area contributed by atoms with E-state index in [0.717, 1.165) is 18.5 Å². The number of hydrogen-bond acceptors (Lipinski definition) is 3. The number of fused-ring (bicyclic) bond motifs is 2. The number of rotatable bonds is 3. The molecule has 2 aliphatic heterocycles. The Morgan fingerprint density at radius 3 is 2.81 bits per heavy atom. The van der Waals surface area contributed by atoms with Crippen LogP contribution in [0.25, 0.3) is 0 Å². The van der Waals surface area contributed by atoms with Crippen molar-refractivity contribution < 1.29 is 14.7 Å². The van der Waals surface area contributed by atoms with E-state index in [0.29, 0.717) is 23.6 Å². The smallest absolute Gasteiger partial charge is 0.308 e. The Morgan fingerprint density at radius 2 is 2.19 bits per heavy atom. The molecule has 0 aromatic carbocycles. The first-order valence-corrected chi connectivity index (χ1v) is 7.61. The molecular formula is C15H17ClN2O3. The third-order valence-electron chi connectivity index (χ3n) is 4.54. The fourth-order valence-corrected chi connectivity index (χ4v) is 3.80. The Morgan fingerprint density at radius 1 is 1.43 bits per heavy atom. The highest BCUT2D eigenvalue weighted by molar-refractivity contribution is 6.29. The van der Waals surface area contributed by atoms with E-state index in [1.807, 2.05) is 6.92 Å². The molecule has 0 spiro atoms. The lowest BCUT2D eigenvalue weighted by Crippen LogP contribution is -2.38. The molecule has 0 radical (unpaired) electrons. The maximum absolute atomic E-state index is 12.7. The number of halogens is 1. The summed E-state index contributed by atoms with van der Waals surface area (Å²) in [5.41, 5.74) is 1.28. The summed E-state index contributed by atoms with van der Waals surface area (Å²) in [6.07, 6.45) is 2.92. The van der Waals surface area contributed by atoms with Crippen LogP contribution in [0.15, 0.2) is 12.1 Å². The highest BCUT2D eigenvalue weighted by Crippen LogP contribution is 2.42. The molecule has 2 bridgehead atoms. The number of aryl methyl sites for hydroxylation is 1. The second-order valence-corrected chi connectivity index (χ2v) is 6.10. The minimum atomic E-state index is -0.804. The summed E-state index contributed by atoms with van der Waals surface area (Å²) in [7, 11) is 0. The van der Waals surface area contributed by atoms with E-state index >= 15 is 0 Å². The Labute approximate surface area is 127 Å². The van der Waals surface area contributed by atoms with Gasteiger partial charge in [-0.25, -0.2) is 4.98 Å². The van der Waals surface area contributed by atoms with Gasteiger partial charge in [0.05, 0.1) is 5.92 Å². The van der Waals surface area contributed by atoms with Crippen LogP contribution in [-0.4, -0.2) is 39.0 Å². The molecule has 6 heteroatoms. The summed E-state index contributed by atoms with van der Waals surface area (Å²) >= 11 is 5.97. The molecule has 2 fully saturated rings. The van der Waals surface area contributed by atoms with Crippen LogP contribution in [0.1, 0.15) is 42.2 Å². The van der Waals surface area contributed by atoms with Crippen LogP contribution >= 0.6 is 11.6 Å². The maximum Gasteiger partial charge on any atom is 0.308 e. The SMILES string of the molecule is CCc1cc(C(=O)N2C3CCC2C(C(=O)O)C3)cc(Cl)n1. The third-order valence-corrected chi connectivity index (χ3v) is 4.74. The first-order chi connectivity index (χ1) is 10.0. The molecule has 2 aliphatic rings. The molecule has 2 saturated heterocycles. The zero-order valence-electron chi connectivity index (χ0n) is 11.8. The van der Waals surface area contributed by atoms with Crippen LogP contribution in [0, 0.1) is 5.92 Å². The van der Waals surface area contributed by atoms with Gasteiger partial charge in [0.25, 0.3) is 5.91 Å². The highest BCUT2D eigenvalue weighted by Gasteiger charge is 2.51. The lowest BCUT2D eigenvalue weighted by atomic mass is 9.89. The summed E-state index contributed by atoms with van der Waals surface area (Å²) < 4.78 is 0. The maximum atomic E-state index is 12.7. The minimum absolute atomic E-state index is 0.0422. The van der Waals surface area contributed by atoms with Gasteiger partial charge in [0.1, 0.15) is 5.15 Å². The van der Waals surface area contributed by atoms with E-state index in [4.69, 9.17) is 11.6 Å². The van der Waals surface area contributed by atoms with Crippen LogP contribution in [-0.2, 0) is 11.2 Å². The molecule has 5 nitrogen and oxygen atoms in total. The second-order valence-electron chi connectivity index (χ2n) is 5.71. The van der Waals surface area contributed by atoms with Crippen molar-refractivity contribution in [3.05, 3.63) is 28.5 Å². The Balaban J connectivity index is 1.89. The van der Waals surface area contributed by atoms with Gasteiger partial charge in [0, 0.05) is 23.3 Å². The number of hydrogen-bond donors (Lipinski definition) is 1. The molecule has 3 atom stereocenters. The zero-order valence-corrected chi connectivity index (χ0v) is 12.5. The van der Waals surface area contributed by atoms with Crippen LogP contribution in [0.4, 0.5) is 0 Å². The van der Waals surface area contributed by atoms with Crippen molar-refractivity contribution in [2.24, 2.45) is 5.92 Å². The molecule has 1 amide bonds. The Kier molecular flexibility index (Phi) is 3.61. The van der Waals surface area contributed by atoms with Gasteiger partial charge in [-0.2, -0.15) is 0 Å². The van der Waals surface area contributed by atoms with Crippen LogP contribution in [0.3, 0.4) is 0 Å². The summed E-state index contributed by atoms with van der Waals surface area (Å²) in [6, 6.07) is 3.18. The number of carboxylic acids is 1. The van der Waals surface area contributed by atoms with Crippen LogP contribution in [0.5, 0.6) is 0 Å². The zero-order chi connectivity index (χ0) is 15.1. The molecule has 3 rings (SSSR count). The summed E-state index contributed by atoms with van der Waals surface area (Å²) in [4.78, 5) is 29.9. The number of nitrogens with zero attached hydrogens (tertiary/aromatic N) is 2. The summed E-state index contributed by atoms with van der Waals surface area (Å²) in [5, 5.41) is 9.57. The number of carbonyl (C=O) groups excluding carboxylic acids is 1. The van der Waals surface area contributed by atoms with Crippen LogP contribution < -0.4 is 0 Å². The molecule has 3 heterocycles. The topological polar surface area (TPSA) is 70.5 Å². The van der Waals surface area contributed by atoms with Crippen molar-refractivity contribution in [2.45, 2.75) is 44.7 Å². The van der Waals surface area contributed by atoms with Crippen molar-refractivity contribution in [3.8, 4) is 0 Å². The van der Waals surface area contributed by atoms with E-state index < -0.39 is 11.9 Å². The van der Waals surface area contributed by atoms with Gasteiger partial charge in [-0.1, -0.05) is 18.5 Å². The van der Waals surface area contributed by atoms with E-state index in [-0.39, 0.29) is 18.0 Å². The molecule has 0 aliphatic carbocycles. The number of aromatic nitrogens is 1. The lowest BCUT2D eigenvalue weighted by Gasteiger charge is -2.23. The van der Waals surface area contributed by atoms with Crippen LogP contribution in [0.2, 0.25) is 5.15 Å². The van der Waals surface area contributed by atoms with E-state index in [9.17, 15) is 14.7 Å². The molecule has 0 saturated carbocycles. The Bertz CT molecular complexity index is 605. The highest BCUT2D eigenvalue weighted by atomic mass is 35.5. The monoisotopic (exact) mass is 308 g/mol. The summed E-state index contributed by atoms with van der Waals surface area (Å²) in [6.45, 7) is 1.95. The molecule has 1 aromatic heterocycles. The fraction of sp³-hybridized carbons (Fsp3) is 0.533. The van der Waals surface area contributed by atoms with Gasteiger partial charge in [0.2, 0.25) is 0 Å². The lowest BCUT2D eigenvalue weighted by molar-refractivity contribution is -0.142. The Hall–Kier alpha value is -1.62. The van der Waals surface area contributed by atoms with Gasteiger partial charge >= 0.3 is 5.97 Å². The number of carboxylic acid groups (broad SMARTS) is 1. The fourth-order valence-electron chi connectivity index (χ4n) is 3.58. The standard InChI is InChI=1S/C15H17ClN2O3/c1-2-9-5-8(6-13(16)17-9)14(19)18-10-3-4-12(18)11(7-10)15(20)21/h5-6,10-12H,2-4,7H2,1H3,(H,20,21). The van der Waals surface area contributed by atoms with Gasteiger partial charge in [-0.15, -0.1) is 0 Å². The molecule has 1 aromatic rings. The molecule has 21 heavy (non-hydrogen) atoms. The normalized spacial score (nSPS) is 27.1. The summed E-state index contributed by atoms with van der Waals surface area (Å²) in [5.74, 6) is -1.36. The van der Waals surface area contributed by atoms with Crippen molar-refractivity contribution in [2.75, 3.05) is 0 Å². The van der Waals surface area contributed by atoms with Gasteiger partial charge in [0.15, 0.2) is 0 Å². The predicted octanol–water partition coefficient (Wildman–Crippen LogP) is 2.38. The molecular weight excluding hydrogens is 292 g/mol. The average Bonchev–Trinajstić information content (AvgIpc) is 3.03. The number of aliphatic carboxylic acids is 1. The predicted molar refractivity (Wildman–Crippen MR) is 77.3 cm³/mol. The van der Waals surface area contributed by atoms with E-state index in [1.165, 1.54) is 0 Å². The number of pyridine rings is 1. The van der Waals surface area contributed by atoms with E-state index in [1.54, 1.807) is 17.0 Å². The quantitative estimate of drug-likeness (QED) is 0.870. The van der Waals surface area contributed by atoms with Gasteiger partial charge in [-0.3, -0.25) is 9.59 Å². The number of carbonyl (C=O) groups is 2. The molecule has 112 valence electrons. The average molecular weight is 309 g/mol. The van der Waals surface area contributed by atoms with Gasteiger partial charge < -0.3 is 10.0 Å². The van der Waals surface area contributed by atoms with Crippen molar-refractivity contribution in [1.29, 1.82) is 0 Å². The molecule has 3 unspecified atom stereocenters. The first-order valence-electron chi connectivity index (χ1n) is 7.23. The molecule has 1 N–H and O–H groups in total. The van der Waals surface area contributed by atoms with Gasteiger partial charge in [-0.05, 0) is 37.8 Å². The van der Waals surface area contributed by atoms with Crippen molar-refractivity contribution in [1.82, 2.24) is 9.88 Å². The first kappa shape index (κ1) is 14.3. The largest absolute Gasteiger partial charge is 0.481 e.